The molecule has 1 heterocycles. The Morgan fingerprint density at radius 2 is 2.15 bits per heavy atom. The van der Waals surface area contributed by atoms with Crippen LogP contribution in [-0.4, -0.2) is 36.2 Å². The summed E-state index contributed by atoms with van der Waals surface area (Å²) in [7, 11) is 0. The maximum Gasteiger partial charge on any atom is 0.166 e. The van der Waals surface area contributed by atoms with Crippen LogP contribution in [0.3, 0.4) is 0 Å². The SMILES string of the molecule is C=C(C)C[C@@H](c1cc(Br)cc(F)c1O)N1CCNCC1. The summed E-state index contributed by atoms with van der Waals surface area (Å²) in [6.45, 7) is 9.49. The average molecular weight is 343 g/mol. The molecule has 110 valence electrons. The third-order valence-electron chi connectivity index (χ3n) is 3.55. The predicted octanol–water partition coefficient (Wildman–Crippen LogP) is 3.21. The van der Waals surface area contributed by atoms with Crippen LogP contribution in [0, 0.1) is 5.82 Å². The summed E-state index contributed by atoms with van der Waals surface area (Å²) in [5.41, 5.74) is 1.65. The highest BCUT2D eigenvalue weighted by Crippen LogP contribution is 2.36. The fourth-order valence-corrected chi connectivity index (χ4v) is 3.05. The van der Waals surface area contributed by atoms with E-state index in [-0.39, 0.29) is 11.8 Å². The van der Waals surface area contributed by atoms with Gasteiger partial charge in [-0.3, -0.25) is 4.90 Å². The lowest BCUT2D eigenvalue weighted by Gasteiger charge is -2.35. The molecule has 20 heavy (non-hydrogen) atoms. The van der Waals surface area contributed by atoms with Gasteiger partial charge in [0.05, 0.1) is 0 Å². The molecule has 0 bridgehead atoms. The van der Waals surface area contributed by atoms with Crippen LogP contribution in [0.15, 0.2) is 28.8 Å². The summed E-state index contributed by atoms with van der Waals surface area (Å²) in [6, 6.07) is 3.05. The zero-order valence-electron chi connectivity index (χ0n) is 11.6. The average Bonchev–Trinajstić information content (AvgIpc) is 2.41. The number of nitrogens with one attached hydrogen (secondary N) is 1. The number of hydrogen-bond donors (Lipinski definition) is 2. The van der Waals surface area contributed by atoms with E-state index in [1.165, 1.54) is 6.07 Å². The molecule has 1 aliphatic rings. The summed E-state index contributed by atoms with van der Waals surface area (Å²) in [5, 5.41) is 13.4. The Hall–Kier alpha value is -0.910. The summed E-state index contributed by atoms with van der Waals surface area (Å²) in [6.07, 6.45) is 0.712. The number of phenols is 1. The summed E-state index contributed by atoms with van der Waals surface area (Å²) < 4.78 is 14.4. The van der Waals surface area contributed by atoms with E-state index in [9.17, 15) is 9.50 Å². The van der Waals surface area contributed by atoms with E-state index >= 15 is 0 Å². The standard InChI is InChI=1S/C15H20BrFN2O/c1-10(2)7-14(19-5-3-18-4-6-19)12-8-11(16)9-13(17)15(12)20/h8-9,14,18,20H,1,3-7H2,2H3/t14-/m0/s1. The minimum Gasteiger partial charge on any atom is -0.505 e. The van der Waals surface area contributed by atoms with Gasteiger partial charge in [-0.1, -0.05) is 21.5 Å². The second-order valence-electron chi connectivity index (χ2n) is 5.29. The third-order valence-corrected chi connectivity index (χ3v) is 4.01. The molecular formula is C15H20BrFN2O. The minimum atomic E-state index is -0.587. The number of benzene rings is 1. The first-order valence-electron chi connectivity index (χ1n) is 6.76. The van der Waals surface area contributed by atoms with E-state index in [1.54, 1.807) is 6.07 Å². The Kier molecular flexibility index (Phi) is 5.18. The smallest absolute Gasteiger partial charge is 0.166 e. The largest absolute Gasteiger partial charge is 0.505 e. The van der Waals surface area contributed by atoms with Crippen LogP contribution in [0.25, 0.3) is 0 Å². The molecule has 0 radical (unpaired) electrons. The molecule has 0 amide bonds. The van der Waals surface area contributed by atoms with Crippen LogP contribution in [0.5, 0.6) is 5.75 Å². The first kappa shape index (κ1) is 15.5. The molecule has 2 N–H and O–H groups in total. The molecule has 1 aromatic carbocycles. The zero-order valence-corrected chi connectivity index (χ0v) is 13.2. The van der Waals surface area contributed by atoms with Gasteiger partial charge in [0.1, 0.15) is 0 Å². The van der Waals surface area contributed by atoms with Crippen molar-refractivity contribution in [1.82, 2.24) is 10.2 Å². The van der Waals surface area contributed by atoms with Crippen molar-refractivity contribution in [2.45, 2.75) is 19.4 Å². The molecule has 0 aliphatic carbocycles. The van der Waals surface area contributed by atoms with Gasteiger partial charge in [0.15, 0.2) is 11.6 Å². The molecule has 5 heteroatoms. The lowest BCUT2D eigenvalue weighted by atomic mass is 9.97. The molecule has 0 spiro atoms. The Morgan fingerprint density at radius 1 is 1.50 bits per heavy atom. The van der Waals surface area contributed by atoms with Gasteiger partial charge in [-0.25, -0.2) is 4.39 Å². The number of aromatic hydroxyl groups is 1. The van der Waals surface area contributed by atoms with E-state index in [0.29, 0.717) is 16.5 Å². The van der Waals surface area contributed by atoms with Crippen LogP contribution < -0.4 is 5.32 Å². The zero-order chi connectivity index (χ0) is 14.7. The van der Waals surface area contributed by atoms with Crippen molar-refractivity contribution in [3.63, 3.8) is 0 Å². The van der Waals surface area contributed by atoms with E-state index in [2.05, 4.69) is 32.7 Å². The van der Waals surface area contributed by atoms with Crippen LogP contribution in [0.1, 0.15) is 24.9 Å². The maximum atomic E-state index is 13.8. The van der Waals surface area contributed by atoms with Crippen LogP contribution in [0.4, 0.5) is 4.39 Å². The highest BCUT2D eigenvalue weighted by Gasteiger charge is 2.26. The Labute approximate surface area is 127 Å². The topological polar surface area (TPSA) is 35.5 Å². The molecule has 1 saturated heterocycles. The number of hydrogen-bond acceptors (Lipinski definition) is 3. The van der Waals surface area contributed by atoms with Crippen molar-refractivity contribution < 1.29 is 9.50 Å². The summed E-state index contributed by atoms with van der Waals surface area (Å²) in [5.74, 6) is -0.839. The third kappa shape index (κ3) is 3.59. The molecule has 0 aromatic heterocycles. The first-order chi connectivity index (χ1) is 9.49. The lowest BCUT2D eigenvalue weighted by Crippen LogP contribution is -2.45. The van der Waals surface area contributed by atoms with Crippen LogP contribution >= 0.6 is 15.9 Å². The van der Waals surface area contributed by atoms with Crippen molar-refractivity contribution in [1.29, 1.82) is 0 Å². The Balaban J connectivity index is 2.37. The number of piperazine rings is 1. The second kappa shape index (κ2) is 6.70. The van der Waals surface area contributed by atoms with Gasteiger partial charge in [0, 0.05) is 42.3 Å². The molecule has 2 rings (SSSR count). The van der Waals surface area contributed by atoms with Gasteiger partial charge in [0.2, 0.25) is 0 Å². The Morgan fingerprint density at radius 3 is 2.75 bits per heavy atom. The van der Waals surface area contributed by atoms with E-state index in [1.807, 2.05) is 6.92 Å². The summed E-state index contributed by atoms with van der Waals surface area (Å²) in [4.78, 5) is 2.27. The van der Waals surface area contributed by atoms with Crippen molar-refractivity contribution in [3.05, 3.63) is 40.1 Å². The van der Waals surface area contributed by atoms with Gasteiger partial charge in [0.25, 0.3) is 0 Å². The normalized spacial score (nSPS) is 17.9. The van der Waals surface area contributed by atoms with E-state index < -0.39 is 5.82 Å². The molecule has 1 aromatic rings. The number of nitrogens with zero attached hydrogens (tertiary/aromatic N) is 1. The molecule has 1 aliphatic heterocycles. The minimum absolute atomic E-state index is 0.0402. The quantitative estimate of drug-likeness (QED) is 0.824. The van der Waals surface area contributed by atoms with Gasteiger partial charge in [-0.05, 0) is 25.5 Å². The molecule has 0 unspecified atom stereocenters. The maximum absolute atomic E-state index is 13.8. The number of phenolic OH excluding ortho intramolecular Hbond substituents is 1. The highest BCUT2D eigenvalue weighted by molar-refractivity contribution is 9.10. The highest BCUT2D eigenvalue weighted by atomic mass is 79.9. The van der Waals surface area contributed by atoms with Gasteiger partial charge < -0.3 is 10.4 Å². The van der Waals surface area contributed by atoms with Gasteiger partial charge in [-0.2, -0.15) is 0 Å². The van der Waals surface area contributed by atoms with Crippen LogP contribution in [-0.2, 0) is 0 Å². The first-order valence-corrected chi connectivity index (χ1v) is 7.55. The monoisotopic (exact) mass is 342 g/mol. The molecule has 1 fully saturated rings. The Bertz CT molecular complexity index is 501. The van der Waals surface area contributed by atoms with Gasteiger partial charge >= 0.3 is 0 Å². The van der Waals surface area contributed by atoms with Crippen molar-refractivity contribution in [3.8, 4) is 5.75 Å². The lowest BCUT2D eigenvalue weighted by molar-refractivity contribution is 0.169. The summed E-state index contributed by atoms with van der Waals surface area (Å²) >= 11 is 3.30. The fraction of sp³-hybridized carbons (Fsp3) is 0.467. The predicted molar refractivity (Wildman–Crippen MR) is 82.4 cm³/mol. The number of rotatable bonds is 4. The van der Waals surface area contributed by atoms with Gasteiger partial charge in [-0.15, -0.1) is 6.58 Å². The molecule has 1 atom stereocenters. The second-order valence-corrected chi connectivity index (χ2v) is 6.20. The van der Waals surface area contributed by atoms with Crippen LogP contribution in [0.2, 0.25) is 0 Å². The fourth-order valence-electron chi connectivity index (χ4n) is 2.60. The van der Waals surface area contributed by atoms with Crippen molar-refractivity contribution in [2.75, 3.05) is 26.2 Å². The molecular weight excluding hydrogens is 323 g/mol. The van der Waals surface area contributed by atoms with Crippen molar-refractivity contribution >= 4 is 15.9 Å². The van der Waals surface area contributed by atoms with E-state index in [4.69, 9.17) is 0 Å². The number of halogens is 2. The van der Waals surface area contributed by atoms with Crippen molar-refractivity contribution in [2.24, 2.45) is 0 Å². The molecule has 0 saturated carbocycles. The molecule has 3 nitrogen and oxygen atoms in total. The van der Waals surface area contributed by atoms with E-state index in [0.717, 1.165) is 31.8 Å².